The molecular weight excluding hydrogens is 326 g/mol. The molecule has 134 valence electrons. The molecule has 0 fully saturated rings. The molecule has 24 heavy (non-hydrogen) atoms. The van der Waals surface area contributed by atoms with Gasteiger partial charge in [0.05, 0.1) is 11.6 Å². The van der Waals surface area contributed by atoms with E-state index in [0.717, 1.165) is 47.5 Å². The number of fused-ring (bicyclic) bond motifs is 1. The number of H-pyrrole nitrogens is 1. The molecule has 0 saturated heterocycles. The van der Waals surface area contributed by atoms with Crippen LogP contribution in [0.2, 0.25) is 0 Å². The van der Waals surface area contributed by atoms with Crippen molar-refractivity contribution in [3.8, 4) is 0 Å². The highest BCUT2D eigenvalue weighted by molar-refractivity contribution is 7.99. The maximum atomic E-state index is 9.94. The number of rotatable bonds is 11. The fourth-order valence-electron chi connectivity index (χ4n) is 2.46. The average Bonchev–Trinajstić information content (AvgIpc) is 2.97. The van der Waals surface area contributed by atoms with Crippen molar-refractivity contribution in [2.24, 2.45) is 5.92 Å². The minimum atomic E-state index is -0.358. The second-order valence-electron chi connectivity index (χ2n) is 5.93. The molecule has 0 unspecified atom stereocenters. The smallest absolute Gasteiger partial charge is 0.151 e. The van der Waals surface area contributed by atoms with Gasteiger partial charge in [0.2, 0.25) is 0 Å². The lowest BCUT2D eigenvalue weighted by molar-refractivity contribution is 0.136. The molecule has 2 atom stereocenters. The molecule has 7 nitrogen and oxygen atoms in total. The van der Waals surface area contributed by atoms with Crippen LogP contribution in [-0.4, -0.2) is 55.9 Å². The molecule has 2 heterocycles. The molecule has 0 aliphatic carbocycles. The minimum Gasteiger partial charge on any atom is -0.396 e. The molecule has 0 amide bonds. The molecule has 0 aliphatic heterocycles. The molecule has 8 heteroatoms. The summed E-state index contributed by atoms with van der Waals surface area (Å²) in [7, 11) is 0. The second-order valence-corrected chi connectivity index (χ2v) is 7.08. The number of aromatic nitrogens is 3. The number of hydrogen-bond donors (Lipinski definition) is 5. The normalized spacial score (nSPS) is 14.1. The first-order chi connectivity index (χ1) is 11.6. The molecule has 2 aromatic heterocycles. The maximum Gasteiger partial charge on any atom is 0.151 e. The Labute approximate surface area is 146 Å². The standard InChI is InChI=1S/C16H27N5O2S/c1-11(23)13(9-24-5-3-2-4-22)7-18-6-12-8-19-15-14(12)20-10-21-16(15)17/h8,10-11,13,18-19,22-23H,2-7,9H2,1H3,(H2,17,20,21)/t11-,13-/m1/s1. The SMILES string of the molecule is C[C@@H](O)[C@H](CNCc1c[nH]c2c(N)ncnc12)CSCCCCO. The Balaban J connectivity index is 1.80. The number of hydrogen-bond acceptors (Lipinski definition) is 7. The number of aliphatic hydroxyl groups is 2. The molecule has 0 aliphatic rings. The van der Waals surface area contributed by atoms with Gasteiger partial charge in [-0.2, -0.15) is 11.8 Å². The summed E-state index contributed by atoms with van der Waals surface area (Å²) in [5.74, 6) is 2.56. The Kier molecular flexibility index (Phi) is 7.77. The zero-order chi connectivity index (χ0) is 17.4. The summed E-state index contributed by atoms with van der Waals surface area (Å²) in [5.41, 5.74) is 8.46. The van der Waals surface area contributed by atoms with E-state index in [4.69, 9.17) is 10.8 Å². The largest absolute Gasteiger partial charge is 0.396 e. The molecule has 0 bridgehead atoms. The van der Waals surface area contributed by atoms with Crippen LogP contribution in [-0.2, 0) is 6.54 Å². The zero-order valence-corrected chi connectivity index (χ0v) is 14.9. The van der Waals surface area contributed by atoms with Gasteiger partial charge in [-0.3, -0.25) is 0 Å². The molecule has 0 aromatic carbocycles. The Hall–Kier alpha value is -1.35. The van der Waals surface area contributed by atoms with E-state index < -0.39 is 0 Å². The van der Waals surface area contributed by atoms with Crippen molar-refractivity contribution >= 4 is 28.6 Å². The summed E-state index contributed by atoms with van der Waals surface area (Å²) in [4.78, 5) is 11.4. The van der Waals surface area contributed by atoms with Crippen LogP contribution in [0.3, 0.4) is 0 Å². The third-order valence-electron chi connectivity index (χ3n) is 4.00. The summed E-state index contributed by atoms with van der Waals surface area (Å²) in [6.07, 6.45) is 4.86. The number of nitrogen functional groups attached to an aromatic ring is 1. The highest BCUT2D eigenvalue weighted by atomic mass is 32.2. The molecule has 0 spiro atoms. The van der Waals surface area contributed by atoms with Crippen molar-refractivity contribution in [3.63, 3.8) is 0 Å². The van der Waals surface area contributed by atoms with Gasteiger partial charge in [-0.05, 0) is 31.3 Å². The van der Waals surface area contributed by atoms with Crippen molar-refractivity contribution in [2.75, 3.05) is 30.4 Å². The topological polar surface area (TPSA) is 120 Å². The predicted octanol–water partition coefficient (Wildman–Crippen LogP) is 1.13. The van der Waals surface area contributed by atoms with Gasteiger partial charge in [0.15, 0.2) is 5.82 Å². The molecule has 0 radical (unpaired) electrons. The first-order valence-corrected chi connectivity index (χ1v) is 9.42. The summed E-state index contributed by atoms with van der Waals surface area (Å²) in [6, 6.07) is 0. The van der Waals surface area contributed by atoms with Gasteiger partial charge in [-0.25, -0.2) is 9.97 Å². The van der Waals surface area contributed by atoms with Gasteiger partial charge in [0.1, 0.15) is 11.8 Å². The Bertz CT molecular complexity index is 620. The first kappa shape index (κ1) is 19.0. The van der Waals surface area contributed by atoms with Crippen LogP contribution < -0.4 is 11.1 Å². The molecule has 6 N–H and O–H groups in total. The number of thioether (sulfide) groups is 1. The monoisotopic (exact) mass is 353 g/mol. The third kappa shape index (κ3) is 5.34. The van der Waals surface area contributed by atoms with Crippen LogP contribution in [0.1, 0.15) is 25.3 Å². The van der Waals surface area contributed by atoms with Crippen LogP contribution in [0, 0.1) is 5.92 Å². The number of aliphatic hydroxyl groups excluding tert-OH is 2. The Morgan fingerprint density at radius 2 is 2.21 bits per heavy atom. The van der Waals surface area contributed by atoms with Gasteiger partial charge < -0.3 is 26.2 Å². The summed E-state index contributed by atoms with van der Waals surface area (Å²) < 4.78 is 0. The average molecular weight is 353 g/mol. The van der Waals surface area contributed by atoms with Crippen LogP contribution >= 0.6 is 11.8 Å². The van der Waals surface area contributed by atoms with Crippen LogP contribution in [0.25, 0.3) is 11.0 Å². The Morgan fingerprint density at radius 3 is 2.96 bits per heavy atom. The van der Waals surface area contributed by atoms with E-state index in [-0.39, 0.29) is 18.6 Å². The number of aromatic amines is 1. The summed E-state index contributed by atoms with van der Waals surface area (Å²) in [6.45, 7) is 3.48. The molecule has 2 rings (SSSR count). The number of nitrogens with one attached hydrogen (secondary N) is 2. The lowest BCUT2D eigenvalue weighted by atomic mass is 10.1. The zero-order valence-electron chi connectivity index (χ0n) is 14.0. The first-order valence-electron chi connectivity index (χ1n) is 8.27. The van der Waals surface area contributed by atoms with Gasteiger partial charge in [-0.1, -0.05) is 0 Å². The lowest BCUT2D eigenvalue weighted by Gasteiger charge is -2.20. The van der Waals surface area contributed by atoms with Crippen LogP contribution in [0.5, 0.6) is 0 Å². The highest BCUT2D eigenvalue weighted by Gasteiger charge is 2.15. The van der Waals surface area contributed by atoms with Crippen molar-refractivity contribution < 1.29 is 10.2 Å². The molecule has 2 aromatic rings. The quantitative estimate of drug-likeness (QED) is 0.384. The van der Waals surface area contributed by atoms with Crippen LogP contribution in [0.15, 0.2) is 12.5 Å². The van der Waals surface area contributed by atoms with Crippen molar-refractivity contribution in [2.45, 2.75) is 32.4 Å². The Morgan fingerprint density at radius 1 is 1.38 bits per heavy atom. The van der Waals surface area contributed by atoms with Gasteiger partial charge >= 0.3 is 0 Å². The van der Waals surface area contributed by atoms with Crippen molar-refractivity contribution in [3.05, 3.63) is 18.1 Å². The van der Waals surface area contributed by atoms with Gasteiger partial charge in [-0.15, -0.1) is 0 Å². The van der Waals surface area contributed by atoms with E-state index in [1.165, 1.54) is 6.33 Å². The predicted molar refractivity (Wildman–Crippen MR) is 98.8 cm³/mol. The summed E-state index contributed by atoms with van der Waals surface area (Å²) >= 11 is 1.83. The minimum absolute atomic E-state index is 0.189. The summed E-state index contributed by atoms with van der Waals surface area (Å²) in [5, 5.41) is 22.1. The number of nitrogens with two attached hydrogens (primary N) is 1. The van der Waals surface area contributed by atoms with Crippen LogP contribution in [0.4, 0.5) is 5.82 Å². The maximum absolute atomic E-state index is 9.94. The highest BCUT2D eigenvalue weighted by Crippen LogP contribution is 2.19. The van der Waals surface area contributed by atoms with Crippen molar-refractivity contribution in [1.29, 1.82) is 0 Å². The number of nitrogens with zero attached hydrogens (tertiary/aromatic N) is 2. The fourth-order valence-corrected chi connectivity index (χ4v) is 3.73. The lowest BCUT2D eigenvalue weighted by Crippen LogP contribution is -2.31. The number of unbranched alkanes of at least 4 members (excludes halogenated alkanes) is 1. The van der Waals surface area contributed by atoms with E-state index in [1.54, 1.807) is 0 Å². The van der Waals surface area contributed by atoms with E-state index in [2.05, 4.69) is 20.3 Å². The van der Waals surface area contributed by atoms with E-state index in [0.29, 0.717) is 12.4 Å². The third-order valence-corrected chi connectivity index (χ3v) is 5.25. The van der Waals surface area contributed by atoms with Crippen molar-refractivity contribution in [1.82, 2.24) is 20.3 Å². The fraction of sp³-hybridized carbons (Fsp3) is 0.625. The van der Waals surface area contributed by atoms with Gasteiger partial charge in [0.25, 0.3) is 0 Å². The van der Waals surface area contributed by atoms with E-state index in [1.807, 2.05) is 24.9 Å². The molecular formula is C16H27N5O2S. The second kappa shape index (κ2) is 9.83. The van der Waals surface area contributed by atoms with E-state index in [9.17, 15) is 5.11 Å². The molecule has 0 saturated carbocycles. The van der Waals surface area contributed by atoms with E-state index >= 15 is 0 Å². The number of anilines is 1. The van der Waals surface area contributed by atoms with Gasteiger partial charge in [0, 0.05) is 37.4 Å².